The van der Waals surface area contributed by atoms with Crippen LogP contribution in [-0.4, -0.2) is 17.0 Å². The van der Waals surface area contributed by atoms with Crippen molar-refractivity contribution < 1.29 is 19.1 Å². The van der Waals surface area contributed by atoms with E-state index < -0.39 is 17.7 Å². The molecule has 0 aromatic heterocycles. The summed E-state index contributed by atoms with van der Waals surface area (Å²) in [4.78, 5) is 22.7. The number of halogens is 2. The highest BCUT2D eigenvalue weighted by Gasteiger charge is 2.09. The van der Waals surface area contributed by atoms with Gasteiger partial charge < -0.3 is 10.4 Å². The SMILES string of the molecule is O=C(/C=C/c1ccccc1F)Nc1cc(C(=O)O)ccc1Cl. The number of nitrogens with one attached hydrogen (secondary N) is 1. The number of carboxylic acids is 1. The zero-order valence-corrected chi connectivity index (χ0v) is 12.0. The minimum Gasteiger partial charge on any atom is -0.478 e. The lowest BCUT2D eigenvalue weighted by Crippen LogP contribution is -2.09. The molecule has 1 amide bonds. The highest BCUT2D eigenvalue weighted by atomic mass is 35.5. The van der Waals surface area contributed by atoms with Gasteiger partial charge >= 0.3 is 5.97 Å². The third-order valence-corrected chi connectivity index (χ3v) is 3.12. The number of hydrogen-bond acceptors (Lipinski definition) is 2. The van der Waals surface area contributed by atoms with Crippen molar-refractivity contribution in [1.82, 2.24) is 0 Å². The molecule has 0 aliphatic carbocycles. The third kappa shape index (κ3) is 3.93. The molecule has 2 N–H and O–H groups in total. The molecule has 0 saturated heterocycles. The van der Waals surface area contributed by atoms with Crippen molar-refractivity contribution in [2.24, 2.45) is 0 Å². The molecule has 2 aromatic carbocycles. The van der Waals surface area contributed by atoms with Crippen molar-refractivity contribution in [3.63, 3.8) is 0 Å². The predicted molar refractivity (Wildman–Crippen MR) is 82.5 cm³/mol. The molecular weight excluding hydrogens is 309 g/mol. The second kappa shape index (κ2) is 6.87. The number of aromatic carboxylic acids is 1. The van der Waals surface area contributed by atoms with E-state index in [0.29, 0.717) is 0 Å². The average Bonchev–Trinajstić information content (AvgIpc) is 2.48. The van der Waals surface area contributed by atoms with Gasteiger partial charge in [0.25, 0.3) is 0 Å². The molecule has 0 heterocycles. The van der Waals surface area contributed by atoms with Gasteiger partial charge in [-0.15, -0.1) is 0 Å². The van der Waals surface area contributed by atoms with Crippen LogP contribution in [0.2, 0.25) is 5.02 Å². The molecule has 2 rings (SSSR count). The van der Waals surface area contributed by atoms with E-state index in [1.165, 1.54) is 36.4 Å². The van der Waals surface area contributed by atoms with Crippen LogP contribution in [0, 0.1) is 5.82 Å². The van der Waals surface area contributed by atoms with Crippen LogP contribution >= 0.6 is 11.6 Å². The van der Waals surface area contributed by atoms with Crippen LogP contribution in [-0.2, 0) is 4.79 Å². The molecule has 0 unspecified atom stereocenters. The number of hydrogen-bond donors (Lipinski definition) is 2. The minimum absolute atomic E-state index is 0.00205. The fourth-order valence-electron chi connectivity index (χ4n) is 1.70. The quantitative estimate of drug-likeness (QED) is 0.842. The molecule has 0 radical (unpaired) electrons. The van der Waals surface area contributed by atoms with Gasteiger partial charge in [0, 0.05) is 11.6 Å². The van der Waals surface area contributed by atoms with E-state index in [9.17, 15) is 14.0 Å². The van der Waals surface area contributed by atoms with Crippen molar-refractivity contribution in [3.05, 3.63) is 70.5 Å². The molecule has 4 nitrogen and oxygen atoms in total. The summed E-state index contributed by atoms with van der Waals surface area (Å²) in [7, 11) is 0. The van der Waals surface area contributed by atoms with Crippen LogP contribution in [0.5, 0.6) is 0 Å². The number of amides is 1. The van der Waals surface area contributed by atoms with E-state index in [-0.39, 0.29) is 21.8 Å². The van der Waals surface area contributed by atoms with Crippen molar-refractivity contribution in [3.8, 4) is 0 Å². The Hall–Kier alpha value is -2.66. The van der Waals surface area contributed by atoms with Gasteiger partial charge in [-0.25, -0.2) is 9.18 Å². The van der Waals surface area contributed by atoms with Crippen molar-refractivity contribution in [2.75, 3.05) is 5.32 Å². The normalized spacial score (nSPS) is 10.6. The molecule has 0 saturated carbocycles. The van der Waals surface area contributed by atoms with E-state index >= 15 is 0 Å². The number of benzene rings is 2. The second-order valence-electron chi connectivity index (χ2n) is 4.34. The van der Waals surface area contributed by atoms with Crippen LogP contribution < -0.4 is 5.32 Å². The molecule has 0 fully saturated rings. The Morgan fingerprint density at radius 2 is 1.91 bits per heavy atom. The van der Waals surface area contributed by atoms with Gasteiger partial charge in [-0.2, -0.15) is 0 Å². The molecule has 6 heteroatoms. The molecular formula is C16H11ClFNO3. The van der Waals surface area contributed by atoms with Gasteiger partial charge in [0.15, 0.2) is 0 Å². The zero-order valence-electron chi connectivity index (χ0n) is 11.2. The van der Waals surface area contributed by atoms with E-state index in [1.54, 1.807) is 12.1 Å². The third-order valence-electron chi connectivity index (χ3n) is 2.79. The number of carboxylic acid groups (broad SMARTS) is 1. The largest absolute Gasteiger partial charge is 0.478 e. The first-order valence-electron chi connectivity index (χ1n) is 6.24. The van der Waals surface area contributed by atoms with E-state index in [4.69, 9.17) is 16.7 Å². The average molecular weight is 320 g/mol. The number of rotatable bonds is 4. The molecule has 0 atom stereocenters. The predicted octanol–water partition coefficient (Wildman–Crippen LogP) is 3.83. The summed E-state index contributed by atoms with van der Waals surface area (Å²) >= 11 is 5.90. The molecule has 22 heavy (non-hydrogen) atoms. The number of carbonyl (C=O) groups is 2. The Kier molecular flexibility index (Phi) is 4.91. The number of carbonyl (C=O) groups excluding carboxylic acids is 1. The van der Waals surface area contributed by atoms with E-state index in [2.05, 4.69) is 5.32 Å². The van der Waals surface area contributed by atoms with Crippen LogP contribution in [0.3, 0.4) is 0 Å². The highest BCUT2D eigenvalue weighted by molar-refractivity contribution is 6.34. The first-order chi connectivity index (χ1) is 10.5. The number of anilines is 1. The highest BCUT2D eigenvalue weighted by Crippen LogP contribution is 2.23. The smallest absolute Gasteiger partial charge is 0.335 e. The van der Waals surface area contributed by atoms with Crippen molar-refractivity contribution in [1.29, 1.82) is 0 Å². The summed E-state index contributed by atoms with van der Waals surface area (Å²) in [6, 6.07) is 9.95. The summed E-state index contributed by atoms with van der Waals surface area (Å²) in [5.74, 6) is -2.13. The summed E-state index contributed by atoms with van der Waals surface area (Å²) in [6.07, 6.45) is 2.46. The summed E-state index contributed by atoms with van der Waals surface area (Å²) < 4.78 is 13.4. The Morgan fingerprint density at radius 3 is 2.59 bits per heavy atom. The summed E-state index contributed by atoms with van der Waals surface area (Å²) in [6.45, 7) is 0. The molecule has 0 spiro atoms. The van der Waals surface area contributed by atoms with Crippen LogP contribution in [0.1, 0.15) is 15.9 Å². The topological polar surface area (TPSA) is 66.4 Å². The van der Waals surface area contributed by atoms with E-state index in [0.717, 1.165) is 6.08 Å². The zero-order chi connectivity index (χ0) is 16.1. The van der Waals surface area contributed by atoms with Gasteiger partial charge in [0.05, 0.1) is 16.3 Å². The van der Waals surface area contributed by atoms with Gasteiger partial charge in [0.1, 0.15) is 5.82 Å². The summed E-state index contributed by atoms with van der Waals surface area (Å²) in [5.41, 5.74) is 0.436. The van der Waals surface area contributed by atoms with Gasteiger partial charge in [0.2, 0.25) is 5.91 Å². The van der Waals surface area contributed by atoms with Crippen LogP contribution in [0.4, 0.5) is 10.1 Å². The lowest BCUT2D eigenvalue weighted by Gasteiger charge is -2.06. The van der Waals surface area contributed by atoms with E-state index in [1.807, 2.05) is 0 Å². The molecule has 0 aliphatic heterocycles. The first kappa shape index (κ1) is 15.7. The Morgan fingerprint density at radius 1 is 1.18 bits per heavy atom. The minimum atomic E-state index is -1.13. The van der Waals surface area contributed by atoms with Gasteiger partial charge in [-0.3, -0.25) is 4.79 Å². The molecule has 0 aliphatic rings. The summed E-state index contributed by atoms with van der Waals surface area (Å²) in [5, 5.41) is 11.6. The maximum atomic E-state index is 13.4. The molecule has 112 valence electrons. The fourth-order valence-corrected chi connectivity index (χ4v) is 1.87. The fraction of sp³-hybridized carbons (Fsp3) is 0. The first-order valence-corrected chi connectivity index (χ1v) is 6.61. The Labute approximate surface area is 130 Å². The standard InChI is InChI=1S/C16H11ClFNO3/c17-12-7-5-11(16(21)22)9-14(12)19-15(20)8-6-10-3-1-2-4-13(10)18/h1-9H,(H,19,20)(H,21,22)/b8-6+. The lowest BCUT2D eigenvalue weighted by atomic mass is 10.2. The monoisotopic (exact) mass is 319 g/mol. The van der Waals surface area contributed by atoms with Crippen LogP contribution in [0.25, 0.3) is 6.08 Å². The van der Waals surface area contributed by atoms with Gasteiger partial charge in [-0.1, -0.05) is 29.8 Å². The van der Waals surface area contributed by atoms with Crippen molar-refractivity contribution >= 4 is 35.2 Å². The Balaban J connectivity index is 2.14. The maximum absolute atomic E-state index is 13.4. The molecule has 2 aromatic rings. The van der Waals surface area contributed by atoms with Crippen molar-refractivity contribution in [2.45, 2.75) is 0 Å². The lowest BCUT2D eigenvalue weighted by molar-refractivity contribution is -0.111. The maximum Gasteiger partial charge on any atom is 0.335 e. The Bertz CT molecular complexity index is 759. The van der Waals surface area contributed by atoms with Gasteiger partial charge in [-0.05, 0) is 30.3 Å². The second-order valence-corrected chi connectivity index (χ2v) is 4.75. The van der Waals surface area contributed by atoms with Crippen LogP contribution in [0.15, 0.2) is 48.5 Å². The molecule has 0 bridgehead atoms.